The van der Waals surface area contributed by atoms with Gasteiger partial charge < -0.3 is 25.4 Å². The Morgan fingerprint density at radius 2 is 1.65 bits per heavy atom. The van der Waals surface area contributed by atoms with Crippen LogP contribution in [0.2, 0.25) is 0 Å². The van der Waals surface area contributed by atoms with Gasteiger partial charge in [0.15, 0.2) is 0 Å². The zero-order chi connectivity index (χ0) is 26.3. The molecule has 3 unspecified atom stereocenters. The predicted molar refractivity (Wildman–Crippen MR) is 133 cm³/mol. The molecule has 0 bridgehead atoms. The van der Waals surface area contributed by atoms with Crippen molar-refractivity contribution in [2.45, 2.75) is 98.4 Å². The number of carbonyl (C=O) groups excluding carboxylic acids is 3. The second-order valence-electron chi connectivity index (χ2n) is 10.7. The lowest BCUT2D eigenvalue weighted by atomic mass is 9.95. The molecule has 8 heteroatoms. The van der Waals surface area contributed by atoms with Crippen LogP contribution in [0.5, 0.6) is 5.75 Å². The minimum Gasteiger partial charge on any atom is -0.508 e. The molecule has 1 rings (SSSR count). The lowest BCUT2D eigenvalue weighted by Gasteiger charge is -2.37. The molecule has 192 valence electrons. The second kappa shape index (κ2) is 12.1. The van der Waals surface area contributed by atoms with Gasteiger partial charge in [-0.05, 0) is 59.9 Å². The number of hydrogen-bond acceptors (Lipinski definition) is 5. The van der Waals surface area contributed by atoms with Crippen LogP contribution in [0.1, 0.15) is 86.8 Å². The van der Waals surface area contributed by atoms with Crippen LogP contribution in [0.25, 0.3) is 0 Å². The van der Waals surface area contributed by atoms with Gasteiger partial charge >= 0.3 is 6.09 Å². The number of aromatic hydroxyl groups is 1. The van der Waals surface area contributed by atoms with Crippen LogP contribution in [0.4, 0.5) is 4.79 Å². The molecule has 0 heterocycles. The number of carbonyl (C=O) groups is 3. The molecule has 0 aromatic heterocycles. The van der Waals surface area contributed by atoms with E-state index in [1.54, 1.807) is 39.0 Å². The summed E-state index contributed by atoms with van der Waals surface area (Å²) in [6, 6.07) is 4.54. The van der Waals surface area contributed by atoms with Crippen LogP contribution >= 0.6 is 0 Å². The minimum absolute atomic E-state index is 0.0781. The summed E-state index contributed by atoms with van der Waals surface area (Å²) in [5, 5.41) is 16.2. The van der Waals surface area contributed by atoms with Gasteiger partial charge in [-0.15, -0.1) is 0 Å². The van der Waals surface area contributed by atoms with E-state index in [0.29, 0.717) is 18.4 Å². The number of nitrogens with zero attached hydrogens (tertiary/aromatic N) is 1. The maximum Gasteiger partial charge on any atom is 0.408 e. The normalized spacial score (nSPS) is 14.5. The molecule has 0 aliphatic heterocycles. The van der Waals surface area contributed by atoms with Crippen molar-refractivity contribution in [3.63, 3.8) is 0 Å². The third kappa shape index (κ3) is 8.88. The Bertz CT molecular complexity index is 842. The van der Waals surface area contributed by atoms with Gasteiger partial charge in [0.05, 0.1) is 0 Å². The van der Waals surface area contributed by atoms with Gasteiger partial charge in [-0.1, -0.05) is 45.4 Å². The number of phenolic OH excluding ortho intramolecular Hbond substituents is 1. The van der Waals surface area contributed by atoms with E-state index in [2.05, 4.69) is 10.6 Å². The lowest BCUT2D eigenvalue weighted by Crippen LogP contribution is -2.56. The molecular weight excluding hydrogens is 434 g/mol. The Hall–Kier alpha value is -2.77. The van der Waals surface area contributed by atoms with Crippen LogP contribution in [0.3, 0.4) is 0 Å². The first-order chi connectivity index (χ1) is 15.6. The average Bonchev–Trinajstić information content (AvgIpc) is 2.69. The molecule has 0 aliphatic carbocycles. The predicted octanol–water partition coefficient (Wildman–Crippen LogP) is 4.53. The molecule has 1 aromatic carbocycles. The summed E-state index contributed by atoms with van der Waals surface area (Å²) < 4.78 is 5.39. The molecule has 0 spiro atoms. The van der Waals surface area contributed by atoms with Crippen molar-refractivity contribution in [2.75, 3.05) is 6.54 Å². The van der Waals surface area contributed by atoms with Gasteiger partial charge in [0.1, 0.15) is 23.4 Å². The molecule has 1 aromatic rings. The van der Waals surface area contributed by atoms with E-state index in [9.17, 15) is 19.5 Å². The highest BCUT2D eigenvalue weighted by Gasteiger charge is 2.39. The number of phenols is 1. The lowest BCUT2D eigenvalue weighted by molar-refractivity contribution is -0.144. The molecule has 3 amide bonds. The summed E-state index contributed by atoms with van der Waals surface area (Å²) in [7, 11) is 0. The number of para-hydroxylation sites is 1. The highest BCUT2D eigenvalue weighted by molar-refractivity contribution is 5.93. The van der Waals surface area contributed by atoms with Crippen LogP contribution in [-0.4, -0.2) is 51.6 Å². The number of amides is 3. The molecular formula is C26H43N3O5. The molecule has 0 saturated carbocycles. The van der Waals surface area contributed by atoms with Crippen molar-refractivity contribution in [2.24, 2.45) is 5.92 Å². The maximum atomic E-state index is 13.9. The Morgan fingerprint density at radius 3 is 2.12 bits per heavy atom. The number of nitrogens with one attached hydrogen (secondary N) is 2. The molecule has 0 saturated heterocycles. The second-order valence-corrected chi connectivity index (χ2v) is 10.7. The van der Waals surface area contributed by atoms with E-state index in [1.165, 1.54) is 11.0 Å². The fourth-order valence-corrected chi connectivity index (χ4v) is 3.51. The van der Waals surface area contributed by atoms with Crippen molar-refractivity contribution < 1.29 is 24.2 Å². The SMILES string of the molecule is CCCN(C(=O)C(NC(=O)OC(C)(C)C)C(C)CC)C(C(=O)NC(C)(C)C)c1ccccc1O. The Balaban J connectivity index is 3.50. The van der Waals surface area contributed by atoms with Crippen LogP contribution in [-0.2, 0) is 14.3 Å². The maximum absolute atomic E-state index is 13.9. The van der Waals surface area contributed by atoms with Crippen molar-refractivity contribution in [3.8, 4) is 5.75 Å². The molecule has 34 heavy (non-hydrogen) atoms. The Kier molecular flexibility index (Phi) is 10.4. The first kappa shape index (κ1) is 29.3. The molecule has 0 aliphatic rings. The van der Waals surface area contributed by atoms with Crippen molar-refractivity contribution in [1.29, 1.82) is 0 Å². The number of benzene rings is 1. The smallest absolute Gasteiger partial charge is 0.408 e. The first-order valence-electron chi connectivity index (χ1n) is 12.0. The van der Waals surface area contributed by atoms with Gasteiger partial charge in [0.25, 0.3) is 0 Å². The minimum atomic E-state index is -1.07. The van der Waals surface area contributed by atoms with Gasteiger partial charge in [0, 0.05) is 17.6 Å². The molecule has 3 atom stereocenters. The van der Waals surface area contributed by atoms with Gasteiger partial charge in [-0.2, -0.15) is 0 Å². The quantitative estimate of drug-likeness (QED) is 0.484. The zero-order valence-electron chi connectivity index (χ0n) is 22.2. The van der Waals surface area contributed by atoms with E-state index in [4.69, 9.17) is 4.74 Å². The first-order valence-corrected chi connectivity index (χ1v) is 12.0. The van der Waals surface area contributed by atoms with Crippen LogP contribution < -0.4 is 10.6 Å². The molecule has 8 nitrogen and oxygen atoms in total. The monoisotopic (exact) mass is 477 g/mol. The zero-order valence-corrected chi connectivity index (χ0v) is 22.2. The third-order valence-corrected chi connectivity index (χ3v) is 5.19. The van der Waals surface area contributed by atoms with Crippen molar-refractivity contribution in [1.82, 2.24) is 15.5 Å². The summed E-state index contributed by atoms with van der Waals surface area (Å²) in [5.74, 6) is -1.10. The van der Waals surface area contributed by atoms with E-state index < -0.39 is 41.1 Å². The molecule has 0 radical (unpaired) electrons. The number of alkyl carbamates (subject to hydrolysis) is 1. The molecule has 3 N–H and O–H groups in total. The van der Waals surface area contributed by atoms with Gasteiger partial charge in [-0.25, -0.2) is 4.79 Å². The standard InChI is InChI=1S/C26H43N3O5/c1-10-16-29(23(32)20(17(3)11-2)27-24(33)34-26(7,8)9)21(22(31)28-25(4,5)6)18-14-12-13-15-19(18)30/h12-15,17,20-21,30H,10-11,16H2,1-9H3,(H,27,33)(H,28,31). The van der Waals surface area contributed by atoms with Gasteiger partial charge in [0.2, 0.25) is 11.8 Å². The van der Waals surface area contributed by atoms with E-state index >= 15 is 0 Å². The third-order valence-electron chi connectivity index (χ3n) is 5.19. The van der Waals surface area contributed by atoms with Gasteiger partial charge in [-0.3, -0.25) is 9.59 Å². The number of ether oxygens (including phenoxy) is 1. The number of rotatable bonds is 9. The highest BCUT2D eigenvalue weighted by Crippen LogP contribution is 2.31. The summed E-state index contributed by atoms with van der Waals surface area (Å²) in [6.45, 7) is 16.8. The Labute approximate surface area is 204 Å². The summed E-state index contributed by atoms with van der Waals surface area (Å²) >= 11 is 0. The number of hydrogen-bond donors (Lipinski definition) is 3. The highest BCUT2D eigenvalue weighted by atomic mass is 16.6. The van der Waals surface area contributed by atoms with E-state index in [-0.39, 0.29) is 18.2 Å². The molecule has 0 fully saturated rings. The Morgan fingerprint density at radius 1 is 1.06 bits per heavy atom. The average molecular weight is 478 g/mol. The topological polar surface area (TPSA) is 108 Å². The van der Waals surface area contributed by atoms with E-state index in [0.717, 1.165) is 0 Å². The van der Waals surface area contributed by atoms with Crippen molar-refractivity contribution >= 4 is 17.9 Å². The summed E-state index contributed by atoms with van der Waals surface area (Å²) in [4.78, 5) is 41.4. The van der Waals surface area contributed by atoms with Crippen molar-refractivity contribution in [3.05, 3.63) is 29.8 Å². The fraction of sp³-hybridized carbons (Fsp3) is 0.654. The largest absolute Gasteiger partial charge is 0.508 e. The summed E-state index contributed by atoms with van der Waals surface area (Å²) in [5.41, 5.74) is -0.946. The fourth-order valence-electron chi connectivity index (χ4n) is 3.51. The van der Waals surface area contributed by atoms with Crippen LogP contribution in [0.15, 0.2) is 24.3 Å². The summed E-state index contributed by atoms with van der Waals surface area (Å²) in [6.07, 6.45) is 0.515. The van der Waals surface area contributed by atoms with E-state index in [1.807, 2.05) is 41.5 Å². The van der Waals surface area contributed by atoms with Crippen LogP contribution in [0, 0.1) is 5.92 Å².